The van der Waals surface area contributed by atoms with Crippen LogP contribution in [-0.4, -0.2) is 54.6 Å². The van der Waals surface area contributed by atoms with Crippen LogP contribution in [-0.2, 0) is 26.2 Å². The van der Waals surface area contributed by atoms with Crippen molar-refractivity contribution < 1.29 is 22.4 Å². The zero-order chi connectivity index (χ0) is 25.5. The molecular weight excluding hydrogens is 457 g/mol. The van der Waals surface area contributed by atoms with E-state index in [-0.39, 0.29) is 42.6 Å². The zero-order valence-corrected chi connectivity index (χ0v) is 21.2. The molecule has 0 aliphatic rings. The number of amides is 2. The van der Waals surface area contributed by atoms with E-state index in [1.807, 2.05) is 20.8 Å². The summed E-state index contributed by atoms with van der Waals surface area (Å²) in [7, 11) is -2.21. The van der Waals surface area contributed by atoms with Crippen molar-refractivity contribution in [1.29, 1.82) is 0 Å². The van der Waals surface area contributed by atoms with E-state index in [4.69, 9.17) is 0 Å². The summed E-state index contributed by atoms with van der Waals surface area (Å²) in [6, 6.07) is 13.3. The maximum atomic E-state index is 14.3. The first kappa shape index (κ1) is 27.5. The molecule has 0 aromatic heterocycles. The lowest BCUT2D eigenvalue weighted by atomic mass is 10.1. The van der Waals surface area contributed by atoms with Gasteiger partial charge in [-0.2, -0.15) is 0 Å². The van der Waals surface area contributed by atoms with Gasteiger partial charge >= 0.3 is 0 Å². The number of carbonyl (C=O) groups is 2. The minimum absolute atomic E-state index is 0.0102. The molecule has 0 saturated heterocycles. The highest BCUT2D eigenvalue weighted by Gasteiger charge is 2.29. The molecule has 186 valence electrons. The molecule has 34 heavy (non-hydrogen) atoms. The Morgan fingerprint density at radius 3 is 2.21 bits per heavy atom. The van der Waals surface area contributed by atoms with Crippen LogP contribution >= 0.6 is 0 Å². The average molecular weight is 492 g/mol. The van der Waals surface area contributed by atoms with Gasteiger partial charge in [0.05, 0.1) is 4.90 Å². The predicted molar refractivity (Wildman–Crippen MR) is 130 cm³/mol. The van der Waals surface area contributed by atoms with Crippen LogP contribution in [0.4, 0.5) is 4.39 Å². The summed E-state index contributed by atoms with van der Waals surface area (Å²) in [5.41, 5.74) is -0.193. The number of sulfonamides is 1. The Hall–Kier alpha value is -2.78. The zero-order valence-electron chi connectivity index (χ0n) is 20.4. The third-order valence-corrected chi connectivity index (χ3v) is 7.15. The number of nitrogens with one attached hydrogen (secondary N) is 1. The Bertz CT molecular complexity index is 1080. The highest BCUT2D eigenvalue weighted by Crippen LogP contribution is 2.17. The van der Waals surface area contributed by atoms with Gasteiger partial charge in [-0.15, -0.1) is 0 Å². The molecule has 0 fully saturated rings. The van der Waals surface area contributed by atoms with E-state index in [1.54, 1.807) is 43.3 Å². The van der Waals surface area contributed by atoms with E-state index in [0.717, 1.165) is 0 Å². The Labute approximate surface area is 202 Å². The third-order valence-electron chi connectivity index (χ3n) is 5.28. The standard InChI is InChI=1S/C25H34FN3O4S/c1-19(24(31)27-25(2,3)4)29(18-20-12-9-10-15-22(20)26)23(30)16-11-17-28(5)34(32,33)21-13-7-6-8-14-21/h6-10,12-15,19H,11,16-18H2,1-5H3,(H,27,31)/t19-/m1/s1. The van der Waals surface area contributed by atoms with E-state index in [0.29, 0.717) is 5.56 Å². The van der Waals surface area contributed by atoms with E-state index >= 15 is 0 Å². The van der Waals surface area contributed by atoms with Crippen LogP contribution < -0.4 is 5.32 Å². The first-order chi connectivity index (χ1) is 15.8. The molecule has 2 rings (SSSR count). The Morgan fingerprint density at radius 2 is 1.62 bits per heavy atom. The number of benzene rings is 2. The topological polar surface area (TPSA) is 86.8 Å². The SMILES string of the molecule is C[C@H](C(=O)NC(C)(C)C)N(Cc1ccccc1F)C(=O)CCCN(C)S(=O)(=O)c1ccccc1. The second-order valence-electron chi connectivity index (χ2n) is 9.27. The number of hydrogen-bond acceptors (Lipinski definition) is 4. The van der Waals surface area contributed by atoms with Crippen LogP contribution in [0.5, 0.6) is 0 Å². The monoisotopic (exact) mass is 491 g/mol. The summed E-state index contributed by atoms with van der Waals surface area (Å²) in [6.45, 7) is 7.17. The lowest BCUT2D eigenvalue weighted by Gasteiger charge is -2.31. The second kappa shape index (κ2) is 11.6. The van der Waals surface area contributed by atoms with Crippen LogP contribution in [0.15, 0.2) is 59.5 Å². The quantitative estimate of drug-likeness (QED) is 0.551. The van der Waals surface area contributed by atoms with Crippen molar-refractivity contribution in [2.45, 2.75) is 63.6 Å². The van der Waals surface area contributed by atoms with E-state index in [9.17, 15) is 22.4 Å². The van der Waals surface area contributed by atoms with E-state index < -0.39 is 27.4 Å². The molecule has 2 aromatic rings. The van der Waals surface area contributed by atoms with Crippen molar-refractivity contribution in [3.05, 3.63) is 66.0 Å². The number of rotatable bonds is 10. The van der Waals surface area contributed by atoms with Crippen LogP contribution in [0.1, 0.15) is 46.1 Å². The Balaban J connectivity index is 2.11. The summed E-state index contributed by atoms with van der Waals surface area (Å²) in [5.74, 6) is -1.16. The highest BCUT2D eigenvalue weighted by atomic mass is 32.2. The van der Waals surface area contributed by atoms with Gasteiger partial charge in [-0.3, -0.25) is 9.59 Å². The summed E-state index contributed by atoms with van der Waals surface area (Å²) >= 11 is 0. The normalized spacial score (nSPS) is 12.9. The van der Waals surface area contributed by atoms with Crippen molar-refractivity contribution >= 4 is 21.8 Å². The van der Waals surface area contributed by atoms with Gasteiger partial charge in [-0.05, 0) is 52.3 Å². The number of nitrogens with zero attached hydrogens (tertiary/aromatic N) is 2. The maximum absolute atomic E-state index is 14.3. The second-order valence-corrected chi connectivity index (χ2v) is 11.3. The van der Waals surface area contributed by atoms with Gasteiger partial charge in [0.2, 0.25) is 21.8 Å². The molecule has 0 unspecified atom stereocenters. The average Bonchev–Trinajstić information content (AvgIpc) is 2.77. The number of halogens is 1. The van der Waals surface area contributed by atoms with Gasteiger partial charge in [-0.1, -0.05) is 36.4 Å². The van der Waals surface area contributed by atoms with E-state index in [2.05, 4.69) is 5.32 Å². The molecule has 2 aromatic carbocycles. The molecule has 7 nitrogen and oxygen atoms in total. The van der Waals surface area contributed by atoms with Crippen LogP contribution in [0, 0.1) is 5.82 Å². The van der Waals surface area contributed by atoms with Crippen LogP contribution in [0.25, 0.3) is 0 Å². The van der Waals surface area contributed by atoms with Gasteiger partial charge in [-0.25, -0.2) is 17.1 Å². The maximum Gasteiger partial charge on any atom is 0.242 e. The predicted octanol–water partition coefficient (Wildman–Crippen LogP) is 3.56. The molecule has 0 spiro atoms. The van der Waals surface area contributed by atoms with Crippen LogP contribution in [0.3, 0.4) is 0 Å². The minimum Gasteiger partial charge on any atom is -0.350 e. The first-order valence-corrected chi connectivity index (χ1v) is 12.6. The third kappa shape index (κ3) is 7.63. The lowest BCUT2D eigenvalue weighted by molar-refractivity contribution is -0.141. The molecule has 0 bridgehead atoms. The fourth-order valence-electron chi connectivity index (χ4n) is 3.36. The van der Waals surface area contributed by atoms with E-state index in [1.165, 1.54) is 34.5 Å². The molecule has 0 radical (unpaired) electrons. The molecule has 0 aliphatic heterocycles. The van der Waals surface area contributed by atoms with Crippen LogP contribution in [0.2, 0.25) is 0 Å². The van der Waals surface area contributed by atoms with Crippen molar-refractivity contribution in [1.82, 2.24) is 14.5 Å². The Morgan fingerprint density at radius 1 is 1.03 bits per heavy atom. The fourth-order valence-corrected chi connectivity index (χ4v) is 4.59. The molecule has 0 saturated carbocycles. The van der Waals surface area contributed by atoms with Gasteiger partial charge < -0.3 is 10.2 Å². The van der Waals surface area contributed by atoms with Gasteiger partial charge in [0.15, 0.2) is 0 Å². The van der Waals surface area contributed by atoms with Gasteiger partial charge in [0.1, 0.15) is 11.9 Å². The first-order valence-electron chi connectivity index (χ1n) is 11.2. The molecular formula is C25H34FN3O4S. The summed E-state index contributed by atoms with van der Waals surface area (Å²) < 4.78 is 40.9. The molecule has 0 aliphatic carbocycles. The number of hydrogen-bond donors (Lipinski definition) is 1. The summed E-state index contributed by atoms with van der Waals surface area (Å²) in [5, 5.41) is 2.85. The van der Waals surface area contributed by atoms with Crippen molar-refractivity contribution in [2.75, 3.05) is 13.6 Å². The van der Waals surface area contributed by atoms with Crippen molar-refractivity contribution in [3.8, 4) is 0 Å². The smallest absolute Gasteiger partial charge is 0.242 e. The molecule has 1 N–H and O–H groups in total. The highest BCUT2D eigenvalue weighted by molar-refractivity contribution is 7.89. The molecule has 0 heterocycles. The largest absolute Gasteiger partial charge is 0.350 e. The number of carbonyl (C=O) groups excluding carboxylic acids is 2. The molecule has 1 atom stereocenters. The lowest BCUT2D eigenvalue weighted by Crippen LogP contribution is -2.52. The van der Waals surface area contributed by atoms with Gasteiger partial charge in [0.25, 0.3) is 0 Å². The fraction of sp³-hybridized carbons (Fsp3) is 0.440. The minimum atomic E-state index is -3.67. The molecule has 9 heteroatoms. The van der Waals surface area contributed by atoms with Crippen molar-refractivity contribution in [2.24, 2.45) is 0 Å². The summed E-state index contributed by atoms with van der Waals surface area (Å²) in [4.78, 5) is 27.4. The Kier molecular flexibility index (Phi) is 9.35. The summed E-state index contributed by atoms with van der Waals surface area (Å²) in [6.07, 6.45) is 0.263. The van der Waals surface area contributed by atoms with Gasteiger partial charge in [0, 0.05) is 37.7 Å². The van der Waals surface area contributed by atoms with Crippen molar-refractivity contribution in [3.63, 3.8) is 0 Å². The molecule has 2 amide bonds.